The van der Waals surface area contributed by atoms with E-state index in [1.807, 2.05) is 45.0 Å². The van der Waals surface area contributed by atoms with Gasteiger partial charge < -0.3 is 5.32 Å². The molecule has 0 radical (unpaired) electrons. The van der Waals surface area contributed by atoms with E-state index in [0.717, 1.165) is 34.4 Å². The first-order chi connectivity index (χ1) is 12.8. The van der Waals surface area contributed by atoms with Crippen LogP contribution in [0.15, 0.2) is 30.3 Å². The number of aromatic nitrogens is 2. The lowest BCUT2D eigenvalue weighted by atomic mass is 10.2. The summed E-state index contributed by atoms with van der Waals surface area (Å²) >= 11 is 1.16. The van der Waals surface area contributed by atoms with Crippen molar-refractivity contribution in [2.75, 3.05) is 16.8 Å². The van der Waals surface area contributed by atoms with Gasteiger partial charge in [-0.15, -0.1) is 11.8 Å². The van der Waals surface area contributed by atoms with Gasteiger partial charge in [0.1, 0.15) is 6.54 Å². The average molecular weight is 389 g/mol. The largest absolute Gasteiger partial charge is 0.325 e. The van der Waals surface area contributed by atoms with Crippen LogP contribution in [0.25, 0.3) is 0 Å². The van der Waals surface area contributed by atoms with Gasteiger partial charge in [0.2, 0.25) is 11.8 Å². The van der Waals surface area contributed by atoms with Crippen LogP contribution in [0.5, 0.6) is 0 Å². The predicted octanol–water partition coefficient (Wildman–Crippen LogP) is 1.33. The minimum Gasteiger partial charge on any atom is -0.325 e. The third kappa shape index (κ3) is 7.14. The Kier molecular flexibility index (Phi) is 7.42. The van der Waals surface area contributed by atoms with E-state index in [1.54, 1.807) is 10.7 Å². The molecular weight excluding hydrogens is 366 g/mol. The lowest BCUT2D eigenvalue weighted by Crippen LogP contribution is -2.44. The van der Waals surface area contributed by atoms with Crippen LogP contribution in [0.3, 0.4) is 0 Å². The molecule has 2 rings (SSSR count). The number of hydrogen-bond donors (Lipinski definition) is 3. The summed E-state index contributed by atoms with van der Waals surface area (Å²) in [5.41, 5.74) is 8.13. The van der Waals surface area contributed by atoms with Crippen molar-refractivity contribution in [3.8, 4) is 0 Å². The second-order valence-electron chi connectivity index (χ2n) is 6.09. The first kappa shape index (κ1) is 20.5. The maximum absolute atomic E-state index is 11.9. The van der Waals surface area contributed by atoms with Crippen molar-refractivity contribution in [2.24, 2.45) is 0 Å². The normalized spacial score (nSPS) is 10.3. The standard InChI is InChI=1S/C18H23N5O3S/c1-12-5-4-6-15(7-12)19-17(25)10-27-11-18(26)21-20-16(24)9-23-14(3)8-13(2)22-23/h4-8H,9-11H2,1-3H3,(H,19,25)(H,20,24)(H,21,26). The molecule has 0 spiro atoms. The molecule has 144 valence electrons. The first-order valence-electron chi connectivity index (χ1n) is 8.36. The molecule has 1 aromatic heterocycles. The third-order valence-corrected chi connectivity index (χ3v) is 4.44. The Bertz CT molecular complexity index is 834. The molecular formula is C18H23N5O3S. The number of nitrogens with zero attached hydrogens (tertiary/aromatic N) is 2. The van der Waals surface area contributed by atoms with Gasteiger partial charge in [0.15, 0.2) is 0 Å². The van der Waals surface area contributed by atoms with Crippen molar-refractivity contribution in [3.63, 3.8) is 0 Å². The van der Waals surface area contributed by atoms with E-state index >= 15 is 0 Å². The molecule has 1 heterocycles. The van der Waals surface area contributed by atoms with Gasteiger partial charge in [0, 0.05) is 11.4 Å². The lowest BCUT2D eigenvalue weighted by Gasteiger charge is -2.09. The van der Waals surface area contributed by atoms with Crippen LogP contribution in [0, 0.1) is 20.8 Å². The summed E-state index contributed by atoms with van der Waals surface area (Å²) in [6.07, 6.45) is 0. The zero-order chi connectivity index (χ0) is 19.8. The van der Waals surface area contributed by atoms with Crippen molar-refractivity contribution < 1.29 is 14.4 Å². The molecule has 0 bridgehead atoms. The van der Waals surface area contributed by atoms with Crippen LogP contribution < -0.4 is 16.2 Å². The summed E-state index contributed by atoms with van der Waals surface area (Å²) in [6.45, 7) is 5.66. The van der Waals surface area contributed by atoms with Crippen LogP contribution >= 0.6 is 11.8 Å². The molecule has 27 heavy (non-hydrogen) atoms. The smallest absolute Gasteiger partial charge is 0.260 e. The van der Waals surface area contributed by atoms with Crippen LogP contribution in [0.1, 0.15) is 17.0 Å². The fourth-order valence-corrected chi connectivity index (χ4v) is 2.96. The topological polar surface area (TPSA) is 105 Å². The van der Waals surface area contributed by atoms with E-state index < -0.39 is 0 Å². The number of carbonyl (C=O) groups excluding carboxylic acids is 3. The molecule has 1 aromatic carbocycles. The van der Waals surface area contributed by atoms with E-state index in [1.165, 1.54) is 0 Å². The van der Waals surface area contributed by atoms with E-state index in [4.69, 9.17) is 0 Å². The molecule has 8 nitrogen and oxygen atoms in total. The van der Waals surface area contributed by atoms with Crippen LogP contribution in [0.4, 0.5) is 5.69 Å². The molecule has 3 N–H and O–H groups in total. The number of amides is 3. The number of thioether (sulfide) groups is 1. The average Bonchev–Trinajstić information content (AvgIpc) is 2.90. The minimum absolute atomic E-state index is 0.0198. The number of anilines is 1. The summed E-state index contributed by atoms with van der Waals surface area (Å²) < 4.78 is 1.56. The van der Waals surface area contributed by atoms with E-state index in [9.17, 15) is 14.4 Å². The Morgan fingerprint density at radius 1 is 1.00 bits per heavy atom. The predicted molar refractivity (Wildman–Crippen MR) is 105 cm³/mol. The Morgan fingerprint density at radius 2 is 1.70 bits per heavy atom. The van der Waals surface area contributed by atoms with E-state index in [-0.39, 0.29) is 35.8 Å². The summed E-state index contributed by atoms with van der Waals surface area (Å²) in [4.78, 5) is 35.5. The van der Waals surface area contributed by atoms with Gasteiger partial charge in [0.05, 0.1) is 17.2 Å². The summed E-state index contributed by atoms with van der Waals surface area (Å²) in [6, 6.07) is 9.34. The van der Waals surface area contributed by atoms with E-state index in [0.29, 0.717) is 0 Å². The number of benzene rings is 1. The lowest BCUT2D eigenvalue weighted by molar-refractivity contribution is -0.128. The Hall–Kier alpha value is -2.81. The maximum Gasteiger partial charge on any atom is 0.260 e. The Morgan fingerprint density at radius 3 is 2.37 bits per heavy atom. The monoisotopic (exact) mass is 389 g/mol. The number of nitrogens with one attached hydrogen (secondary N) is 3. The highest BCUT2D eigenvalue weighted by atomic mass is 32.2. The third-order valence-electron chi connectivity index (χ3n) is 3.51. The summed E-state index contributed by atoms with van der Waals surface area (Å²) in [7, 11) is 0. The molecule has 3 amide bonds. The van der Waals surface area contributed by atoms with Crippen molar-refractivity contribution in [2.45, 2.75) is 27.3 Å². The Labute approximate surface area is 162 Å². The number of hydrogen-bond acceptors (Lipinski definition) is 5. The van der Waals surface area contributed by atoms with Crippen molar-refractivity contribution in [1.82, 2.24) is 20.6 Å². The van der Waals surface area contributed by atoms with Crippen molar-refractivity contribution >= 4 is 35.2 Å². The second-order valence-corrected chi connectivity index (χ2v) is 7.08. The number of hydrazine groups is 1. The highest BCUT2D eigenvalue weighted by Gasteiger charge is 2.10. The Balaban J connectivity index is 1.63. The zero-order valence-corrected chi connectivity index (χ0v) is 16.4. The molecule has 0 saturated heterocycles. The molecule has 0 atom stereocenters. The molecule has 9 heteroatoms. The molecule has 0 unspecified atom stereocenters. The number of rotatable bonds is 7. The van der Waals surface area contributed by atoms with Gasteiger partial charge in [-0.05, 0) is 44.5 Å². The van der Waals surface area contributed by atoms with Crippen LogP contribution in [-0.4, -0.2) is 39.0 Å². The molecule has 0 aliphatic carbocycles. The number of aryl methyl sites for hydroxylation is 3. The maximum atomic E-state index is 11.9. The zero-order valence-electron chi connectivity index (χ0n) is 15.5. The molecule has 0 aliphatic rings. The van der Waals surface area contributed by atoms with Crippen molar-refractivity contribution in [3.05, 3.63) is 47.3 Å². The van der Waals surface area contributed by atoms with Gasteiger partial charge in [-0.25, -0.2) is 0 Å². The van der Waals surface area contributed by atoms with Crippen LogP contribution in [0.2, 0.25) is 0 Å². The van der Waals surface area contributed by atoms with Gasteiger partial charge in [0.25, 0.3) is 5.91 Å². The highest BCUT2D eigenvalue weighted by molar-refractivity contribution is 8.00. The fourth-order valence-electron chi connectivity index (χ4n) is 2.34. The molecule has 0 fully saturated rings. The SMILES string of the molecule is Cc1cccc(NC(=O)CSCC(=O)NNC(=O)Cn2nc(C)cc2C)c1. The van der Waals surface area contributed by atoms with Crippen molar-refractivity contribution in [1.29, 1.82) is 0 Å². The van der Waals surface area contributed by atoms with Gasteiger partial charge in [-0.1, -0.05) is 12.1 Å². The summed E-state index contributed by atoms with van der Waals surface area (Å²) in [5.74, 6) is -0.753. The molecule has 2 aromatic rings. The van der Waals surface area contributed by atoms with Gasteiger partial charge in [-0.2, -0.15) is 5.10 Å². The highest BCUT2D eigenvalue weighted by Crippen LogP contribution is 2.10. The first-order valence-corrected chi connectivity index (χ1v) is 9.52. The van der Waals surface area contributed by atoms with Crippen LogP contribution in [-0.2, 0) is 20.9 Å². The molecule has 0 aliphatic heterocycles. The number of carbonyl (C=O) groups is 3. The van der Waals surface area contributed by atoms with E-state index in [2.05, 4.69) is 21.3 Å². The molecule has 0 saturated carbocycles. The fraction of sp³-hybridized carbons (Fsp3) is 0.333. The van der Waals surface area contributed by atoms with Gasteiger partial charge in [-0.3, -0.25) is 29.9 Å². The summed E-state index contributed by atoms with van der Waals surface area (Å²) in [5, 5.41) is 6.95. The van der Waals surface area contributed by atoms with Gasteiger partial charge >= 0.3 is 0 Å². The second kappa shape index (κ2) is 9.77. The minimum atomic E-state index is -0.384. The quantitative estimate of drug-likeness (QED) is 0.620.